The fourth-order valence-electron chi connectivity index (χ4n) is 4.11. The third kappa shape index (κ3) is 11.2. The normalized spacial score (nSPS) is 13.5. The zero-order valence-corrected chi connectivity index (χ0v) is 24.6. The molecular formula is C31H49N3O4. The lowest BCUT2D eigenvalue weighted by molar-refractivity contribution is -0.143. The van der Waals surface area contributed by atoms with Gasteiger partial charge in [0.2, 0.25) is 11.8 Å². The van der Waals surface area contributed by atoms with Crippen LogP contribution in [0.5, 0.6) is 0 Å². The lowest BCUT2D eigenvalue weighted by Crippen LogP contribution is -2.55. The van der Waals surface area contributed by atoms with E-state index in [1.807, 2.05) is 26.0 Å². The summed E-state index contributed by atoms with van der Waals surface area (Å²) in [5, 5.41) is 5.85. The number of ether oxygens (including phenoxy) is 1. The van der Waals surface area contributed by atoms with E-state index in [0.29, 0.717) is 30.6 Å². The van der Waals surface area contributed by atoms with Gasteiger partial charge in [0.25, 0.3) is 0 Å². The molecule has 3 atom stereocenters. The largest absolute Gasteiger partial charge is 0.444 e. The molecule has 2 N–H and O–H groups in total. The lowest BCUT2D eigenvalue weighted by Gasteiger charge is -2.36. The first-order chi connectivity index (χ1) is 18.0. The smallest absolute Gasteiger partial charge is 0.408 e. The highest BCUT2D eigenvalue weighted by atomic mass is 16.6. The second kappa shape index (κ2) is 16.8. The predicted octanol–water partition coefficient (Wildman–Crippen LogP) is 5.97. The van der Waals surface area contributed by atoms with Crippen LogP contribution in [0.25, 0.3) is 0 Å². The van der Waals surface area contributed by atoms with Crippen LogP contribution in [0.4, 0.5) is 4.79 Å². The first kappa shape index (κ1) is 33.0. The molecule has 7 heteroatoms. The average molecular weight is 528 g/mol. The van der Waals surface area contributed by atoms with Gasteiger partial charge in [0.15, 0.2) is 0 Å². The first-order valence-corrected chi connectivity index (χ1v) is 14.1. The van der Waals surface area contributed by atoms with Crippen LogP contribution in [0.15, 0.2) is 24.3 Å². The number of hydrogen-bond donors (Lipinski definition) is 2. The molecule has 0 aliphatic rings. The van der Waals surface area contributed by atoms with Gasteiger partial charge in [-0.15, -0.1) is 6.42 Å². The predicted molar refractivity (Wildman–Crippen MR) is 154 cm³/mol. The lowest BCUT2D eigenvalue weighted by atomic mass is 9.95. The van der Waals surface area contributed by atoms with Crippen molar-refractivity contribution in [1.82, 2.24) is 15.5 Å². The molecular weight excluding hydrogens is 478 g/mol. The Morgan fingerprint density at radius 3 is 2.13 bits per heavy atom. The van der Waals surface area contributed by atoms with Gasteiger partial charge in [0.05, 0.1) is 0 Å². The van der Waals surface area contributed by atoms with Crippen LogP contribution in [0.1, 0.15) is 111 Å². The number of alkyl carbamates (subject to hydrolysis) is 1. The Hall–Kier alpha value is -3.01. The topological polar surface area (TPSA) is 87.7 Å². The van der Waals surface area contributed by atoms with Crippen molar-refractivity contribution in [3.8, 4) is 12.3 Å². The van der Waals surface area contributed by atoms with Crippen molar-refractivity contribution in [2.24, 2.45) is 5.92 Å². The van der Waals surface area contributed by atoms with Gasteiger partial charge in [0.1, 0.15) is 17.7 Å². The Bertz CT molecular complexity index is 915. The van der Waals surface area contributed by atoms with Gasteiger partial charge >= 0.3 is 6.09 Å². The Labute approximate surface area is 230 Å². The van der Waals surface area contributed by atoms with E-state index in [9.17, 15) is 14.4 Å². The van der Waals surface area contributed by atoms with E-state index in [0.717, 1.165) is 38.5 Å². The van der Waals surface area contributed by atoms with Crippen LogP contribution in [-0.4, -0.2) is 47.5 Å². The van der Waals surface area contributed by atoms with Gasteiger partial charge in [-0.3, -0.25) is 9.59 Å². The summed E-state index contributed by atoms with van der Waals surface area (Å²) in [5.41, 5.74) is 0.680. The van der Waals surface area contributed by atoms with E-state index in [-0.39, 0.29) is 17.7 Å². The molecule has 0 fully saturated rings. The molecule has 212 valence electrons. The van der Waals surface area contributed by atoms with Crippen LogP contribution >= 0.6 is 0 Å². The zero-order valence-electron chi connectivity index (χ0n) is 24.6. The second-order valence-corrected chi connectivity index (χ2v) is 10.9. The molecule has 1 rings (SSSR count). The second-order valence-electron chi connectivity index (χ2n) is 10.9. The summed E-state index contributed by atoms with van der Waals surface area (Å²) in [7, 11) is 0. The number of carbonyl (C=O) groups is 3. The third-order valence-electron chi connectivity index (χ3n) is 6.47. The van der Waals surface area contributed by atoms with Crippen LogP contribution in [-0.2, 0) is 14.3 Å². The van der Waals surface area contributed by atoms with Crippen molar-refractivity contribution >= 4 is 17.9 Å². The molecule has 0 bridgehead atoms. The molecule has 0 aromatic heterocycles. The number of nitrogens with zero attached hydrogens (tertiary/aromatic N) is 1. The first-order valence-electron chi connectivity index (χ1n) is 14.1. The fourth-order valence-corrected chi connectivity index (χ4v) is 4.11. The number of benzene rings is 1. The van der Waals surface area contributed by atoms with Gasteiger partial charge in [-0.05, 0) is 57.2 Å². The third-order valence-corrected chi connectivity index (χ3v) is 6.47. The highest BCUT2D eigenvalue weighted by molar-refractivity contribution is 5.92. The van der Waals surface area contributed by atoms with Crippen molar-refractivity contribution in [2.45, 2.75) is 111 Å². The summed E-state index contributed by atoms with van der Waals surface area (Å²) < 4.78 is 5.47. The van der Waals surface area contributed by atoms with E-state index in [2.05, 4.69) is 30.4 Å². The summed E-state index contributed by atoms with van der Waals surface area (Å²) in [6.07, 6.45) is 11.1. The molecule has 3 amide bonds. The number of hydrogen-bond acceptors (Lipinski definition) is 4. The molecule has 3 unspecified atom stereocenters. The monoisotopic (exact) mass is 527 g/mol. The van der Waals surface area contributed by atoms with E-state index in [4.69, 9.17) is 11.2 Å². The van der Waals surface area contributed by atoms with Crippen molar-refractivity contribution in [2.75, 3.05) is 13.1 Å². The summed E-state index contributed by atoms with van der Waals surface area (Å²) in [6, 6.07) is 5.51. The Morgan fingerprint density at radius 2 is 1.61 bits per heavy atom. The van der Waals surface area contributed by atoms with Gasteiger partial charge in [-0.2, -0.15) is 0 Å². The summed E-state index contributed by atoms with van der Waals surface area (Å²) in [6.45, 7) is 14.4. The molecule has 0 aliphatic heterocycles. The molecule has 0 saturated carbocycles. The number of amides is 3. The molecule has 0 saturated heterocycles. The number of unbranched alkanes of at least 4 members (excludes halogenated alkanes) is 4. The maximum atomic E-state index is 14.2. The molecule has 38 heavy (non-hydrogen) atoms. The average Bonchev–Trinajstić information content (AvgIpc) is 2.87. The van der Waals surface area contributed by atoms with Gasteiger partial charge in [-0.1, -0.05) is 77.9 Å². The van der Waals surface area contributed by atoms with E-state index in [1.165, 1.54) is 0 Å². The van der Waals surface area contributed by atoms with E-state index < -0.39 is 23.8 Å². The molecule has 0 heterocycles. The molecule has 7 nitrogen and oxygen atoms in total. The molecule has 0 aliphatic carbocycles. The van der Waals surface area contributed by atoms with Crippen LogP contribution in [0, 0.1) is 18.3 Å². The zero-order chi connectivity index (χ0) is 28.7. The van der Waals surface area contributed by atoms with E-state index in [1.54, 1.807) is 37.8 Å². The van der Waals surface area contributed by atoms with Crippen molar-refractivity contribution in [1.29, 1.82) is 0 Å². The van der Waals surface area contributed by atoms with Crippen molar-refractivity contribution in [3.63, 3.8) is 0 Å². The van der Waals surface area contributed by atoms with Gasteiger partial charge in [0, 0.05) is 18.7 Å². The minimum absolute atomic E-state index is 0.166. The molecule has 1 aromatic carbocycles. The van der Waals surface area contributed by atoms with Crippen molar-refractivity contribution in [3.05, 3.63) is 35.4 Å². The maximum absolute atomic E-state index is 14.2. The number of terminal acetylenes is 1. The quantitative estimate of drug-likeness (QED) is 0.217. The minimum Gasteiger partial charge on any atom is -0.444 e. The summed E-state index contributed by atoms with van der Waals surface area (Å²) >= 11 is 0. The molecule has 0 radical (unpaired) electrons. The summed E-state index contributed by atoms with van der Waals surface area (Å²) in [4.78, 5) is 42.2. The van der Waals surface area contributed by atoms with Gasteiger partial charge < -0.3 is 20.3 Å². The molecule has 0 spiro atoms. The SMILES string of the molecule is C#Cc1ccc(C(C(=O)NCCCCC)N(CCCCC)C(=O)C(NC(=O)OC(C)(C)C)C(C)CC)cc1. The van der Waals surface area contributed by atoms with Crippen LogP contribution < -0.4 is 10.6 Å². The number of carbonyl (C=O) groups excluding carboxylic acids is 3. The van der Waals surface area contributed by atoms with Crippen LogP contribution in [0.2, 0.25) is 0 Å². The highest BCUT2D eigenvalue weighted by Crippen LogP contribution is 2.26. The minimum atomic E-state index is -0.847. The Morgan fingerprint density at radius 1 is 1.00 bits per heavy atom. The number of nitrogens with one attached hydrogen (secondary N) is 2. The van der Waals surface area contributed by atoms with Gasteiger partial charge in [-0.25, -0.2) is 4.79 Å². The Balaban J connectivity index is 3.47. The summed E-state index contributed by atoms with van der Waals surface area (Å²) in [5.74, 6) is 1.91. The highest BCUT2D eigenvalue weighted by Gasteiger charge is 2.37. The van der Waals surface area contributed by atoms with E-state index >= 15 is 0 Å². The Kier molecular flexibility index (Phi) is 14.6. The number of rotatable bonds is 15. The fraction of sp³-hybridized carbons (Fsp3) is 0.645. The van der Waals surface area contributed by atoms with Crippen LogP contribution in [0.3, 0.4) is 0 Å². The standard InChI is InChI=1S/C31H49N3O4/c1-9-13-15-21-32-28(35)27(25-19-17-24(12-4)18-20-25)34(22-16-14-10-2)29(36)26(23(5)11-3)33-30(37)38-31(6,7)8/h4,17-20,23,26-27H,9-11,13-16,21-22H2,1-3,5-8H3,(H,32,35)(H,33,37). The maximum Gasteiger partial charge on any atom is 0.408 e. The molecule has 1 aromatic rings. The van der Waals surface area contributed by atoms with Crippen molar-refractivity contribution < 1.29 is 19.1 Å².